The lowest BCUT2D eigenvalue weighted by Crippen LogP contribution is -2.19. The van der Waals surface area contributed by atoms with Crippen LogP contribution in [-0.2, 0) is 0 Å². The minimum absolute atomic E-state index is 0.157. The van der Waals surface area contributed by atoms with Crippen molar-refractivity contribution in [3.05, 3.63) is 36.5 Å². The molecule has 0 aliphatic carbocycles. The molecule has 0 amide bonds. The lowest BCUT2D eigenvalue weighted by atomic mass is 10.2. The number of benzene rings is 1. The Bertz CT molecular complexity index is 783. The number of pyridine rings is 1. The average Bonchev–Trinajstić information content (AvgIpc) is 2.90. The Morgan fingerprint density at radius 3 is 2.95 bits per heavy atom. The van der Waals surface area contributed by atoms with Crippen LogP contribution in [0.25, 0.3) is 22.7 Å². The van der Waals surface area contributed by atoms with Crippen LogP contribution < -0.4 is 15.8 Å². The molecular weight excluding hydrogens is 288 g/mol. The second kappa shape index (κ2) is 5.37. The Kier molecular flexibility index (Phi) is 3.41. The predicted molar refractivity (Wildman–Crippen MR) is 84.2 cm³/mol. The first kappa shape index (κ1) is 13.3. The zero-order valence-corrected chi connectivity index (χ0v) is 12.0. The van der Waals surface area contributed by atoms with E-state index in [-0.39, 0.29) is 5.11 Å². The van der Waals surface area contributed by atoms with Crippen LogP contribution in [0.4, 0.5) is 5.69 Å². The summed E-state index contributed by atoms with van der Waals surface area (Å²) in [7, 11) is 1.57. The molecule has 21 heavy (non-hydrogen) atoms. The van der Waals surface area contributed by atoms with Crippen LogP contribution in [0.1, 0.15) is 0 Å². The third-order valence-corrected chi connectivity index (χ3v) is 2.97. The van der Waals surface area contributed by atoms with Crippen molar-refractivity contribution in [2.45, 2.75) is 0 Å². The highest BCUT2D eigenvalue weighted by molar-refractivity contribution is 7.80. The van der Waals surface area contributed by atoms with Crippen molar-refractivity contribution in [2.75, 3.05) is 12.4 Å². The van der Waals surface area contributed by atoms with Gasteiger partial charge in [0.25, 0.3) is 0 Å². The Labute approximate surface area is 125 Å². The third-order valence-electron chi connectivity index (χ3n) is 2.87. The van der Waals surface area contributed by atoms with Crippen molar-refractivity contribution in [3.8, 4) is 17.2 Å². The van der Waals surface area contributed by atoms with Gasteiger partial charge in [-0.25, -0.2) is 4.98 Å². The molecule has 3 rings (SSSR count). The van der Waals surface area contributed by atoms with Gasteiger partial charge < -0.3 is 20.2 Å². The second-order valence-electron chi connectivity index (χ2n) is 4.25. The Hall–Kier alpha value is -2.67. The van der Waals surface area contributed by atoms with Gasteiger partial charge >= 0.3 is 0 Å². The molecule has 0 spiro atoms. The number of fused-ring (bicyclic) bond motifs is 1. The number of thiocarbonyl (C=S) groups is 1. The molecule has 0 radical (unpaired) electrons. The van der Waals surface area contributed by atoms with Crippen LogP contribution in [0, 0.1) is 0 Å². The number of oxazole rings is 1. The van der Waals surface area contributed by atoms with E-state index in [1.807, 2.05) is 18.2 Å². The van der Waals surface area contributed by atoms with E-state index in [0.29, 0.717) is 28.6 Å². The monoisotopic (exact) mass is 300 g/mol. The van der Waals surface area contributed by atoms with Crippen molar-refractivity contribution in [1.82, 2.24) is 9.97 Å². The van der Waals surface area contributed by atoms with Crippen molar-refractivity contribution in [1.29, 1.82) is 0 Å². The number of anilines is 1. The van der Waals surface area contributed by atoms with E-state index in [9.17, 15) is 0 Å². The molecule has 7 heteroatoms. The average molecular weight is 300 g/mol. The lowest BCUT2D eigenvalue weighted by Gasteiger charge is -2.10. The standard InChI is InChI=1S/C14H12N4O2S/c1-19-10-5-4-8(7-9(10)17-14(15)21)13-18-12-11(20-13)3-2-6-16-12/h2-7H,1H3,(H3,15,17,21). The van der Waals surface area contributed by atoms with E-state index in [1.165, 1.54) is 0 Å². The van der Waals surface area contributed by atoms with Gasteiger partial charge in [-0.2, -0.15) is 4.98 Å². The van der Waals surface area contributed by atoms with Gasteiger partial charge in [0, 0.05) is 11.8 Å². The first-order valence-corrected chi connectivity index (χ1v) is 6.54. The third kappa shape index (κ3) is 2.63. The number of nitrogens with one attached hydrogen (secondary N) is 1. The van der Waals surface area contributed by atoms with Gasteiger partial charge in [-0.3, -0.25) is 0 Å². The molecule has 1 aromatic carbocycles. The zero-order chi connectivity index (χ0) is 14.8. The predicted octanol–water partition coefficient (Wildman–Crippen LogP) is 2.55. The van der Waals surface area contributed by atoms with Crippen LogP contribution >= 0.6 is 12.2 Å². The van der Waals surface area contributed by atoms with E-state index < -0.39 is 0 Å². The quantitative estimate of drug-likeness (QED) is 0.719. The van der Waals surface area contributed by atoms with Gasteiger partial charge in [0.05, 0.1) is 12.8 Å². The van der Waals surface area contributed by atoms with Gasteiger partial charge in [-0.05, 0) is 42.5 Å². The van der Waals surface area contributed by atoms with E-state index >= 15 is 0 Å². The maximum Gasteiger partial charge on any atom is 0.228 e. The number of hydrogen-bond acceptors (Lipinski definition) is 5. The number of methoxy groups -OCH3 is 1. The maximum absolute atomic E-state index is 5.68. The van der Waals surface area contributed by atoms with Crippen molar-refractivity contribution in [3.63, 3.8) is 0 Å². The fraction of sp³-hybridized carbons (Fsp3) is 0.0714. The Morgan fingerprint density at radius 2 is 2.24 bits per heavy atom. The highest BCUT2D eigenvalue weighted by Gasteiger charge is 2.12. The highest BCUT2D eigenvalue weighted by Crippen LogP contribution is 2.31. The summed E-state index contributed by atoms with van der Waals surface area (Å²) >= 11 is 4.86. The Balaban J connectivity index is 2.07. The first-order chi connectivity index (χ1) is 10.2. The van der Waals surface area contributed by atoms with Crippen LogP contribution in [0.2, 0.25) is 0 Å². The minimum Gasteiger partial charge on any atom is -0.495 e. The summed E-state index contributed by atoms with van der Waals surface area (Å²) in [5.74, 6) is 1.10. The van der Waals surface area contributed by atoms with Crippen molar-refractivity contribution < 1.29 is 9.15 Å². The number of nitrogens with two attached hydrogens (primary N) is 1. The van der Waals surface area contributed by atoms with Crippen molar-refractivity contribution >= 4 is 34.2 Å². The SMILES string of the molecule is COc1ccc(-c2nc3ncccc3o2)cc1NC(N)=S. The summed E-state index contributed by atoms with van der Waals surface area (Å²) in [6.45, 7) is 0. The molecule has 0 fully saturated rings. The largest absolute Gasteiger partial charge is 0.495 e. The lowest BCUT2D eigenvalue weighted by molar-refractivity contribution is 0.417. The van der Waals surface area contributed by atoms with Gasteiger partial charge in [-0.15, -0.1) is 0 Å². The Morgan fingerprint density at radius 1 is 1.38 bits per heavy atom. The van der Waals surface area contributed by atoms with E-state index in [0.717, 1.165) is 5.56 Å². The topological polar surface area (TPSA) is 86.2 Å². The first-order valence-electron chi connectivity index (χ1n) is 6.14. The van der Waals surface area contributed by atoms with E-state index in [2.05, 4.69) is 15.3 Å². The summed E-state index contributed by atoms with van der Waals surface area (Å²) in [6.07, 6.45) is 1.67. The molecule has 0 saturated carbocycles. The number of rotatable bonds is 3. The molecule has 106 valence electrons. The van der Waals surface area contributed by atoms with Crippen molar-refractivity contribution in [2.24, 2.45) is 5.73 Å². The van der Waals surface area contributed by atoms with Gasteiger partial charge in [0.2, 0.25) is 5.89 Å². The molecule has 2 aromatic heterocycles. The molecule has 2 heterocycles. The molecule has 0 aliphatic heterocycles. The number of ether oxygens (including phenoxy) is 1. The maximum atomic E-state index is 5.68. The molecule has 0 atom stereocenters. The molecule has 0 saturated heterocycles. The van der Waals surface area contributed by atoms with Gasteiger partial charge in [-0.1, -0.05) is 0 Å². The van der Waals surface area contributed by atoms with Gasteiger partial charge in [0.15, 0.2) is 16.3 Å². The number of nitrogens with zero attached hydrogens (tertiary/aromatic N) is 2. The molecule has 6 nitrogen and oxygen atoms in total. The van der Waals surface area contributed by atoms with Gasteiger partial charge in [0.1, 0.15) is 5.75 Å². The summed E-state index contributed by atoms with van der Waals surface area (Å²) in [6, 6.07) is 9.05. The second-order valence-corrected chi connectivity index (χ2v) is 4.69. The molecule has 3 N–H and O–H groups in total. The van der Waals surface area contributed by atoms with Crippen LogP contribution in [0.5, 0.6) is 5.75 Å². The molecule has 3 aromatic rings. The molecule has 0 aliphatic rings. The number of hydrogen-bond donors (Lipinski definition) is 2. The summed E-state index contributed by atoms with van der Waals surface area (Å²) in [4.78, 5) is 8.49. The highest BCUT2D eigenvalue weighted by atomic mass is 32.1. The summed E-state index contributed by atoms with van der Waals surface area (Å²) in [5, 5.41) is 3.02. The summed E-state index contributed by atoms with van der Waals surface area (Å²) in [5.41, 5.74) is 8.13. The fourth-order valence-corrected chi connectivity index (χ4v) is 2.07. The number of aromatic nitrogens is 2. The normalized spacial score (nSPS) is 10.5. The molecule has 0 unspecified atom stereocenters. The van der Waals surface area contributed by atoms with Crippen LogP contribution in [0.15, 0.2) is 40.9 Å². The summed E-state index contributed by atoms with van der Waals surface area (Å²) < 4.78 is 10.9. The minimum atomic E-state index is 0.157. The zero-order valence-electron chi connectivity index (χ0n) is 11.2. The molecule has 0 bridgehead atoms. The van der Waals surface area contributed by atoms with E-state index in [1.54, 1.807) is 25.4 Å². The smallest absolute Gasteiger partial charge is 0.228 e. The molecular formula is C14H12N4O2S. The fourth-order valence-electron chi connectivity index (χ4n) is 1.96. The van der Waals surface area contributed by atoms with E-state index in [4.69, 9.17) is 27.1 Å². The van der Waals surface area contributed by atoms with Crippen LogP contribution in [-0.4, -0.2) is 22.2 Å². The van der Waals surface area contributed by atoms with Crippen LogP contribution in [0.3, 0.4) is 0 Å².